The molecule has 4 rings (SSSR count). The summed E-state index contributed by atoms with van der Waals surface area (Å²) < 4.78 is 40.8. The van der Waals surface area contributed by atoms with Crippen molar-refractivity contribution in [2.24, 2.45) is 16.8 Å². The zero-order chi connectivity index (χ0) is 26.7. The summed E-state index contributed by atoms with van der Waals surface area (Å²) in [5.74, 6) is 0.117. The van der Waals surface area contributed by atoms with Crippen LogP contribution in [0.1, 0.15) is 37.6 Å². The quantitative estimate of drug-likeness (QED) is 0.419. The van der Waals surface area contributed by atoms with Crippen LogP contribution in [0.25, 0.3) is 10.2 Å². The predicted molar refractivity (Wildman–Crippen MR) is 141 cm³/mol. The van der Waals surface area contributed by atoms with Crippen LogP contribution in [0.5, 0.6) is 5.75 Å². The van der Waals surface area contributed by atoms with Gasteiger partial charge in [0.25, 0.3) is 5.91 Å². The van der Waals surface area contributed by atoms with E-state index >= 15 is 0 Å². The lowest BCUT2D eigenvalue weighted by Crippen LogP contribution is -2.42. The zero-order valence-corrected chi connectivity index (χ0v) is 23.0. The summed E-state index contributed by atoms with van der Waals surface area (Å²) in [5, 5.41) is 0. The summed E-state index contributed by atoms with van der Waals surface area (Å²) >= 11 is 1.25. The lowest BCUT2D eigenvalue weighted by molar-refractivity contribution is -0.143. The highest BCUT2D eigenvalue weighted by Crippen LogP contribution is 2.28. The third-order valence-electron chi connectivity index (χ3n) is 6.25. The van der Waals surface area contributed by atoms with Crippen LogP contribution in [-0.4, -0.2) is 56.0 Å². The molecule has 0 N–H and O–H groups in total. The van der Waals surface area contributed by atoms with Crippen LogP contribution in [0.4, 0.5) is 0 Å². The molecule has 2 atom stereocenters. The first kappa shape index (κ1) is 27.0. The largest absolute Gasteiger partial charge is 0.495 e. The highest BCUT2D eigenvalue weighted by atomic mass is 32.2. The lowest BCUT2D eigenvalue weighted by Gasteiger charge is -2.34. The van der Waals surface area contributed by atoms with Crippen molar-refractivity contribution in [3.05, 3.63) is 52.8 Å². The van der Waals surface area contributed by atoms with Crippen molar-refractivity contribution in [2.75, 3.05) is 26.8 Å². The first-order chi connectivity index (χ1) is 17.6. The minimum Gasteiger partial charge on any atom is -0.495 e. The Morgan fingerprint density at radius 1 is 1.08 bits per heavy atom. The Labute approximate surface area is 220 Å². The highest BCUT2D eigenvalue weighted by Gasteiger charge is 2.31. The summed E-state index contributed by atoms with van der Waals surface area (Å²) in [6.45, 7) is 6.90. The Bertz CT molecular complexity index is 1460. The van der Waals surface area contributed by atoms with Crippen LogP contribution in [0.2, 0.25) is 0 Å². The van der Waals surface area contributed by atoms with Gasteiger partial charge in [-0.3, -0.25) is 9.59 Å². The molecule has 0 spiro atoms. The fraction of sp³-hybridized carbons (Fsp3) is 0.423. The fourth-order valence-corrected chi connectivity index (χ4v) is 7.43. The normalized spacial score (nSPS) is 19.2. The molecule has 2 heterocycles. The van der Waals surface area contributed by atoms with Crippen LogP contribution in [0.15, 0.2) is 52.4 Å². The minimum absolute atomic E-state index is 0.135. The van der Waals surface area contributed by atoms with Crippen molar-refractivity contribution in [3.63, 3.8) is 0 Å². The molecule has 9 nitrogen and oxygen atoms in total. The van der Waals surface area contributed by atoms with Crippen molar-refractivity contribution in [3.8, 4) is 5.75 Å². The van der Waals surface area contributed by atoms with Crippen LogP contribution in [-0.2, 0) is 26.1 Å². The molecule has 2 unspecified atom stereocenters. The maximum absolute atomic E-state index is 13.2. The second-order valence-electron chi connectivity index (χ2n) is 9.29. The predicted octanol–water partition coefficient (Wildman–Crippen LogP) is 3.68. The zero-order valence-electron chi connectivity index (χ0n) is 21.3. The van der Waals surface area contributed by atoms with Gasteiger partial charge in [-0.05, 0) is 61.6 Å². The van der Waals surface area contributed by atoms with Gasteiger partial charge in [0.15, 0.2) is 4.80 Å². The third-order valence-corrected chi connectivity index (χ3v) is 9.14. The Balaban J connectivity index is 1.67. The Kier molecular flexibility index (Phi) is 8.15. The molecule has 1 aromatic heterocycles. The number of carbonyl (C=O) groups excluding carboxylic acids is 2. The van der Waals surface area contributed by atoms with Crippen molar-refractivity contribution < 1.29 is 27.5 Å². The van der Waals surface area contributed by atoms with Gasteiger partial charge in [0.2, 0.25) is 10.0 Å². The van der Waals surface area contributed by atoms with E-state index in [2.05, 4.69) is 18.8 Å². The third kappa shape index (κ3) is 5.78. The summed E-state index contributed by atoms with van der Waals surface area (Å²) in [5.41, 5.74) is 0.882. The first-order valence-electron chi connectivity index (χ1n) is 12.1. The number of amides is 1. The van der Waals surface area contributed by atoms with Crippen LogP contribution in [0.3, 0.4) is 0 Å². The molecule has 1 amide bonds. The number of methoxy groups -OCH3 is 1. The van der Waals surface area contributed by atoms with Crippen LogP contribution >= 0.6 is 11.3 Å². The van der Waals surface area contributed by atoms with E-state index in [1.165, 1.54) is 47.0 Å². The SMILES string of the molecule is CCOC(=O)Cn1c(=NC(=O)c2ccc(S(=O)(=O)N3CC(C)CC(C)C3)cc2)sc2cccc(OC)c21. The summed E-state index contributed by atoms with van der Waals surface area (Å²) in [6, 6.07) is 11.3. The number of rotatable bonds is 7. The van der Waals surface area contributed by atoms with Crippen molar-refractivity contribution in [2.45, 2.75) is 38.6 Å². The van der Waals surface area contributed by atoms with Crippen LogP contribution in [0, 0.1) is 11.8 Å². The Hall–Kier alpha value is -3.02. The van der Waals surface area contributed by atoms with Gasteiger partial charge in [-0.1, -0.05) is 31.3 Å². The number of thiazole rings is 1. The smallest absolute Gasteiger partial charge is 0.326 e. The number of hydrogen-bond donors (Lipinski definition) is 0. The topological polar surface area (TPSA) is 107 Å². The molecule has 0 radical (unpaired) electrons. The molecule has 1 aliphatic heterocycles. The Morgan fingerprint density at radius 2 is 1.76 bits per heavy atom. The van der Waals surface area contributed by atoms with Gasteiger partial charge in [-0.25, -0.2) is 8.42 Å². The van der Waals surface area contributed by atoms with Gasteiger partial charge in [0.1, 0.15) is 17.8 Å². The molecule has 11 heteroatoms. The highest BCUT2D eigenvalue weighted by molar-refractivity contribution is 7.89. The Morgan fingerprint density at radius 3 is 2.38 bits per heavy atom. The molecule has 1 aliphatic rings. The number of esters is 1. The molecule has 37 heavy (non-hydrogen) atoms. The van der Waals surface area contributed by atoms with E-state index in [1.54, 1.807) is 17.6 Å². The number of para-hydroxylation sites is 1. The standard InChI is InChI=1S/C26H31N3O6S2/c1-5-35-23(30)16-29-24-21(34-4)7-6-8-22(24)36-26(29)27-25(31)19-9-11-20(12-10-19)37(32,33)28-14-17(2)13-18(3)15-28/h6-12,17-18H,5,13-16H2,1-4H3. The second kappa shape index (κ2) is 11.2. The molecule has 1 fully saturated rings. The number of nitrogens with zero attached hydrogens (tertiary/aromatic N) is 3. The number of benzene rings is 2. The lowest BCUT2D eigenvalue weighted by atomic mass is 9.94. The van der Waals surface area contributed by atoms with E-state index in [0.717, 1.165) is 11.1 Å². The number of sulfonamides is 1. The van der Waals surface area contributed by atoms with Crippen LogP contribution < -0.4 is 9.54 Å². The van der Waals surface area contributed by atoms with Gasteiger partial charge < -0.3 is 14.0 Å². The van der Waals surface area contributed by atoms with Gasteiger partial charge in [-0.15, -0.1) is 0 Å². The van der Waals surface area contributed by atoms with E-state index in [4.69, 9.17) is 9.47 Å². The molecule has 1 saturated heterocycles. The fourth-order valence-electron chi connectivity index (χ4n) is 4.70. The number of aromatic nitrogens is 1. The average Bonchev–Trinajstić information content (AvgIpc) is 3.20. The summed E-state index contributed by atoms with van der Waals surface area (Å²) in [4.78, 5) is 30.1. The number of piperidine rings is 1. The van der Waals surface area contributed by atoms with E-state index in [0.29, 0.717) is 41.0 Å². The van der Waals surface area contributed by atoms with Gasteiger partial charge in [0.05, 0.1) is 23.3 Å². The van der Waals surface area contributed by atoms with Crippen molar-refractivity contribution >= 4 is 43.5 Å². The van der Waals surface area contributed by atoms with Gasteiger partial charge >= 0.3 is 5.97 Å². The molecule has 0 saturated carbocycles. The molecule has 198 valence electrons. The van der Waals surface area contributed by atoms with Gasteiger partial charge in [-0.2, -0.15) is 9.30 Å². The first-order valence-corrected chi connectivity index (χ1v) is 14.4. The molecule has 3 aromatic rings. The monoisotopic (exact) mass is 545 g/mol. The number of carbonyl (C=O) groups is 2. The minimum atomic E-state index is -3.66. The number of ether oxygens (including phenoxy) is 2. The van der Waals surface area contributed by atoms with Crippen molar-refractivity contribution in [1.29, 1.82) is 0 Å². The van der Waals surface area contributed by atoms with E-state index < -0.39 is 21.9 Å². The van der Waals surface area contributed by atoms with E-state index in [1.807, 2.05) is 12.1 Å². The molecule has 0 aliphatic carbocycles. The van der Waals surface area contributed by atoms with E-state index in [9.17, 15) is 18.0 Å². The molecular formula is C26H31N3O6S2. The second-order valence-corrected chi connectivity index (χ2v) is 12.2. The summed E-state index contributed by atoms with van der Waals surface area (Å²) in [7, 11) is -2.12. The average molecular weight is 546 g/mol. The number of fused-ring (bicyclic) bond motifs is 1. The molecule has 0 bridgehead atoms. The summed E-state index contributed by atoms with van der Waals surface area (Å²) in [6.07, 6.45) is 1.00. The van der Waals surface area contributed by atoms with Gasteiger partial charge in [0, 0.05) is 18.7 Å². The van der Waals surface area contributed by atoms with E-state index in [-0.39, 0.29) is 23.6 Å². The maximum Gasteiger partial charge on any atom is 0.326 e. The number of hydrogen-bond acceptors (Lipinski definition) is 7. The van der Waals surface area contributed by atoms with Crippen molar-refractivity contribution in [1.82, 2.24) is 8.87 Å². The maximum atomic E-state index is 13.2. The molecular weight excluding hydrogens is 514 g/mol. The molecule has 2 aromatic carbocycles.